The van der Waals surface area contributed by atoms with Crippen molar-refractivity contribution in [2.75, 3.05) is 25.4 Å². The number of pyridine rings is 1. The number of carbonyl (C=O) groups excluding carboxylic acids is 2. The van der Waals surface area contributed by atoms with E-state index in [0.717, 1.165) is 24.3 Å². The number of hydrogen-bond acceptors (Lipinski definition) is 5. The third kappa shape index (κ3) is 4.90. The minimum absolute atomic E-state index is 0.0665. The lowest BCUT2D eigenvalue weighted by Gasteiger charge is -2.38. The number of amides is 2. The van der Waals surface area contributed by atoms with Crippen LogP contribution in [0.2, 0.25) is 0 Å². The summed E-state index contributed by atoms with van der Waals surface area (Å²) in [7, 11) is 0. The Kier molecular flexibility index (Phi) is 6.34. The molecule has 0 N–H and O–H groups in total. The van der Waals surface area contributed by atoms with Crippen molar-refractivity contribution < 1.29 is 14.3 Å². The predicted molar refractivity (Wildman–Crippen MR) is 112 cm³/mol. The zero-order valence-corrected chi connectivity index (χ0v) is 17.1. The molecule has 29 heavy (non-hydrogen) atoms. The van der Waals surface area contributed by atoms with E-state index in [1.165, 1.54) is 17.3 Å². The highest BCUT2D eigenvalue weighted by Gasteiger charge is 2.39. The lowest BCUT2D eigenvalue weighted by atomic mass is 9.99. The number of rotatable bonds is 6. The molecule has 1 aromatic heterocycles. The smallest absolute Gasteiger partial charge is 0.410 e. The molecule has 2 amide bonds. The van der Waals surface area contributed by atoms with Crippen molar-refractivity contribution in [3.8, 4) is 0 Å². The van der Waals surface area contributed by atoms with Crippen LogP contribution >= 0.6 is 11.8 Å². The van der Waals surface area contributed by atoms with E-state index in [1.807, 2.05) is 46.2 Å². The lowest BCUT2D eigenvalue weighted by Crippen LogP contribution is -2.50. The van der Waals surface area contributed by atoms with E-state index in [0.29, 0.717) is 25.4 Å². The van der Waals surface area contributed by atoms with Crippen molar-refractivity contribution >= 4 is 23.8 Å². The number of nitrogens with zero attached hydrogens (tertiary/aromatic N) is 3. The highest BCUT2D eigenvalue weighted by Crippen LogP contribution is 2.26. The summed E-state index contributed by atoms with van der Waals surface area (Å²) in [4.78, 5) is 33.0. The van der Waals surface area contributed by atoms with Crippen LogP contribution in [-0.4, -0.2) is 64.3 Å². The Bertz CT molecular complexity index is 826. The maximum atomic E-state index is 12.5. The molecule has 0 unspecified atom stereocenters. The van der Waals surface area contributed by atoms with Gasteiger partial charge in [0, 0.05) is 25.3 Å². The Morgan fingerprint density at radius 1 is 1.10 bits per heavy atom. The quantitative estimate of drug-likeness (QED) is 0.683. The van der Waals surface area contributed by atoms with Gasteiger partial charge in [0.25, 0.3) is 0 Å². The molecule has 0 radical (unpaired) electrons. The third-order valence-electron chi connectivity index (χ3n) is 5.51. The van der Waals surface area contributed by atoms with Crippen LogP contribution in [0, 0.1) is 0 Å². The second-order valence-corrected chi connectivity index (χ2v) is 8.39. The number of likely N-dealkylation sites (tertiary alicyclic amines) is 1. The maximum Gasteiger partial charge on any atom is 0.410 e. The second-order valence-electron chi connectivity index (χ2n) is 7.40. The van der Waals surface area contributed by atoms with Crippen molar-refractivity contribution in [2.24, 2.45) is 0 Å². The SMILES string of the molecule is O=C(CSc1ccccn1)N1CCC(N2C(=O)OC[C@@H]2Cc2ccccc2)CC1. The van der Waals surface area contributed by atoms with Crippen molar-refractivity contribution in [2.45, 2.75) is 36.4 Å². The van der Waals surface area contributed by atoms with Crippen LogP contribution in [0.5, 0.6) is 0 Å². The molecular weight excluding hydrogens is 386 g/mol. The summed E-state index contributed by atoms with van der Waals surface area (Å²) in [6.45, 7) is 1.79. The molecular formula is C22H25N3O3S. The number of piperidine rings is 1. The first kappa shape index (κ1) is 19.8. The molecule has 2 aromatic rings. The minimum atomic E-state index is -0.221. The monoisotopic (exact) mass is 411 g/mol. The molecule has 0 aliphatic carbocycles. The van der Waals surface area contributed by atoms with Crippen molar-refractivity contribution in [1.82, 2.24) is 14.8 Å². The number of cyclic esters (lactones) is 1. The van der Waals surface area contributed by atoms with Gasteiger partial charge in [-0.05, 0) is 37.0 Å². The summed E-state index contributed by atoms with van der Waals surface area (Å²) in [6.07, 6.45) is 3.90. The Hall–Kier alpha value is -2.54. The zero-order valence-electron chi connectivity index (χ0n) is 16.3. The molecule has 0 saturated carbocycles. The first-order valence-corrected chi connectivity index (χ1v) is 11.0. The van der Waals surface area contributed by atoms with Gasteiger partial charge >= 0.3 is 6.09 Å². The first-order valence-electron chi connectivity index (χ1n) is 10.0. The molecule has 6 nitrogen and oxygen atoms in total. The normalized spacial score (nSPS) is 20.0. The average molecular weight is 412 g/mol. The van der Waals surface area contributed by atoms with Crippen molar-refractivity contribution in [3.05, 3.63) is 60.3 Å². The summed E-state index contributed by atoms with van der Waals surface area (Å²) < 4.78 is 5.36. The van der Waals surface area contributed by atoms with E-state index < -0.39 is 0 Å². The van der Waals surface area contributed by atoms with Crippen LogP contribution in [0.15, 0.2) is 59.8 Å². The average Bonchev–Trinajstić information content (AvgIpc) is 3.13. The molecule has 3 heterocycles. The van der Waals surface area contributed by atoms with E-state index in [-0.39, 0.29) is 24.1 Å². The second kappa shape index (κ2) is 9.31. The molecule has 1 atom stereocenters. The molecule has 2 aliphatic heterocycles. The third-order valence-corrected chi connectivity index (χ3v) is 6.44. The Balaban J connectivity index is 1.29. The largest absolute Gasteiger partial charge is 0.447 e. The number of thioether (sulfide) groups is 1. The van der Waals surface area contributed by atoms with Crippen molar-refractivity contribution in [3.63, 3.8) is 0 Å². The van der Waals surface area contributed by atoms with E-state index in [2.05, 4.69) is 17.1 Å². The van der Waals surface area contributed by atoms with Gasteiger partial charge in [-0.1, -0.05) is 48.2 Å². The van der Waals surface area contributed by atoms with Gasteiger partial charge in [-0.3, -0.25) is 9.69 Å². The van der Waals surface area contributed by atoms with Crippen LogP contribution in [0.3, 0.4) is 0 Å². The number of aromatic nitrogens is 1. The van der Waals surface area contributed by atoms with Gasteiger partial charge in [0.05, 0.1) is 16.8 Å². The molecule has 7 heteroatoms. The Morgan fingerprint density at radius 2 is 1.86 bits per heavy atom. The molecule has 2 fully saturated rings. The molecule has 2 aliphatic rings. The fourth-order valence-corrected chi connectivity index (χ4v) is 4.78. The fraction of sp³-hybridized carbons (Fsp3) is 0.409. The topological polar surface area (TPSA) is 62.7 Å². The summed E-state index contributed by atoms with van der Waals surface area (Å²) in [5.41, 5.74) is 1.21. The lowest BCUT2D eigenvalue weighted by molar-refractivity contribution is -0.129. The molecule has 152 valence electrons. The highest BCUT2D eigenvalue weighted by molar-refractivity contribution is 7.99. The number of ether oxygens (including phenoxy) is 1. The van der Waals surface area contributed by atoms with Gasteiger partial charge in [-0.2, -0.15) is 0 Å². The maximum absolute atomic E-state index is 12.5. The van der Waals surface area contributed by atoms with E-state index >= 15 is 0 Å². The van der Waals surface area contributed by atoms with Gasteiger partial charge < -0.3 is 9.64 Å². The number of carbonyl (C=O) groups is 2. The van der Waals surface area contributed by atoms with E-state index in [1.54, 1.807) is 6.20 Å². The summed E-state index contributed by atoms with van der Waals surface area (Å²) >= 11 is 1.46. The highest BCUT2D eigenvalue weighted by atomic mass is 32.2. The fourth-order valence-electron chi connectivity index (χ4n) is 4.01. The van der Waals surface area contributed by atoms with Gasteiger partial charge in [-0.25, -0.2) is 9.78 Å². The molecule has 0 bridgehead atoms. The standard InChI is InChI=1S/C22H25N3O3S/c26-21(16-29-20-8-4-5-11-23-20)24-12-9-18(10-13-24)25-19(15-28-22(25)27)14-17-6-2-1-3-7-17/h1-8,11,18-19H,9-10,12-16H2/t19-/m0/s1. The molecule has 1 aromatic carbocycles. The van der Waals surface area contributed by atoms with Gasteiger partial charge in [0.2, 0.25) is 5.91 Å². The number of benzene rings is 1. The Morgan fingerprint density at radius 3 is 2.59 bits per heavy atom. The Labute approximate surface area is 175 Å². The van der Waals surface area contributed by atoms with Crippen LogP contribution in [-0.2, 0) is 16.0 Å². The van der Waals surface area contributed by atoms with Gasteiger partial charge in [0.1, 0.15) is 6.61 Å². The summed E-state index contributed by atoms with van der Waals surface area (Å²) in [5, 5.41) is 0.860. The van der Waals surface area contributed by atoms with E-state index in [4.69, 9.17) is 4.74 Å². The van der Waals surface area contributed by atoms with Gasteiger partial charge in [-0.15, -0.1) is 0 Å². The number of hydrogen-bond donors (Lipinski definition) is 0. The predicted octanol–water partition coefficient (Wildman–Crippen LogP) is 3.23. The molecule has 4 rings (SSSR count). The van der Waals surface area contributed by atoms with Crippen LogP contribution in [0.25, 0.3) is 0 Å². The first-order chi connectivity index (χ1) is 14.2. The van der Waals surface area contributed by atoms with E-state index in [9.17, 15) is 9.59 Å². The van der Waals surface area contributed by atoms with Crippen molar-refractivity contribution in [1.29, 1.82) is 0 Å². The summed E-state index contributed by atoms with van der Waals surface area (Å²) in [5.74, 6) is 0.522. The van der Waals surface area contributed by atoms with Gasteiger partial charge in [0.15, 0.2) is 0 Å². The van der Waals surface area contributed by atoms with Crippen LogP contribution in [0.4, 0.5) is 4.79 Å². The molecule has 2 saturated heterocycles. The van der Waals surface area contributed by atoms with Crippen LogP contribution in [0.1, 0.15) is 18.4 Å². The van der Waals surface area contributed by atoms with Crippen LogP contribution < -0.4 is 0 Å². The molecule has 0 spiro atoms. The summed E-state index contributed by atoms with van der Waals surface area (Å²) in [6, 6.07) is 16.1. The zero-order chi connectivity index (χ0) is 20.1. The minimum Gasteiger partial charge on any atom is -0.447 e.